The van der Waals surface area contributed by atoms with E-state index in [4.69, 9.17) is 14.5 Å². The fourth-order valence-electron chi connectivity index (χ4n) is 4.00. The highest BCUT2D eigenvalue weighted by molar-refractivity contribution is 8.14. The van der Waals surface area contributed by atoms with Gasteiger partial charge < -0.3 is 9.47 Å². The van der Waals surface area contributed by atoms with E-state index < -0.39 is 0 Å². The van der Waals surface area contributed by atoms with Gasteiger partial charge in [-0.2, -0.15) is 0 Å². The number of aliphatic imine (C=N–C) groups is 1. The van der Waals surface area contributed by atoms with Crippen molar-refractivity contribution in [1.29, 1.82) is 0 Å². The summed E-state index contributed by atoms with van der Waals surface area (Å²) in [6.07, 6.45) is 1.70. The van der Waals surface area contributed by atoms with Gasteiger partial charge in [0.1, 0.15) is 5.75 Å². The minimum Gasteiger partial charge on any atom is -0.496 e. The molecule has 1 fully saturated rings. The normalized spacial score (nSPS) is 24.2. The zero-order chi connectivity index (χ0) is 19.2. The van der Waals surface area contributed by atoms with E-state index in [9.17, 15) is 4.79 Å². The third-order valence-corrected chi connectivity index (χ3v) is 6.37. The quantitative estimate of drug-likeness (QED) is 0.857. The van der Waals surface area contributed by atoms with E-state index in [0.717, 1.165) is 35.0 Å². The van der Waals surface area contributed by atoms with Crippen molar-refractivity contribution in [3.8, 4) is 5.75 Å². The summed E-state index contributed by atoms with van der Waals surface area (Å²) in [6.45, 7) is 6.86. The second-order valence-corrected chi connectivity index (χ2v) is 8.97. The number of benzene rings is 1. The van der Waals surface area contributed by atoms with Gasteiger partial charge in [-0.15, -0.1) is 0 Å². The number of rotatable bonds is 3. The Balaban J connectivity index is 1.82. The minimum absolute atomic E-state index is 0.0750. The van der Waals surface area contributed by atoms with E-state index in [1.165, 1.54) is 0 Å². The number of hydrogen-bond acceptors (Lipinski definition) is 5. The van der Waals surface area contributed by atoms with Crippen molar-refractivity contribution in [2.75, 3.05) is 13.7 Å². The van der Waals surface area contributed by atoms with Gasteiger partial charge in [0.15, 0.2) is 5.82 Å². The molecule has 2 aromatic rings. The molecule has 0 unspecified atom stereocenters. The number of aromatic amines is 1. The van der Waals surface area contributed by atoms with Crippen LogP contribution in [0.3, 0.4) is 0 Å². The number of thioether (sulfide) groups is 1. The summed E-state index contributed by atoms with van der Waals surface area (Å²) in [4.78, 5) is 17.7. The van der Waals surface area contributed by atoms with Gasteiger partial charge in [0, 0.05) is 12.2 Å². The largest absolute Gasteiger partial charge is 0.496 e. The zero-order valence-corrected chi connectivity index (χ0v) is 16.9. The SMILES string of the molecule is COc1ccccc1[C@H]1SC(C)=Nc2c1c(=O)[nH]n2[C@H]1CCOC(C)(C)C1. The predicted octanol–water partition coefficient (Wildman–Crippen LogP) is 4.20. The van der Waals surface area contributed by atoms with Crippen LogP contribution in [0, 0.1) is 0 Å². The minimum atomic E-state index is -0.207. The van der Waals surface area contributed by atoms with Crippen molar-refractivity contribution in [1.82, 2.24) is 9.78 Å². The van der Waals surface area contributed by atoms with Gasteiger partial charge in [-0.3, -0.25) is 14.6 Å². The summed E-state index contributed by atoms with van der Waals surface area (Å²) in [5.74, 6) is 1.53. The highest BCUT2D eigenvalue weighted by Crippen LogP contribution is 2.47. The zero-order valence-electron chi connectivity index (χ0n) is 16.1. The first-order valence-corrected chi connectivity index (χ1v) is 10.1. The Bertz CT molecular complexity index is 944. The Morgan fingerprint density at radius 2 is 2.15 bits per heavy atom. The third kappa shape index (κ3) is 3.34. The van der Waals surface area contributed by atoms with Crippen LogP contribution in [0.25, 0.3) is 0 Å². The number of aromatic nitrogens is 2. The predicted molar refractivity (Wildman–Crippen MR) is 109 cm³/mol. The first-order chi connectivity index (χ1) is 12.9. The van der Waals surface area contributed by atoms with Crippen molar-refractivity contribution in [3.63, 3.8) is 0 Å². The van der Waals surface area contributed by atoms with E-state index in [1.54, 1.807) is 18.9 Å². The molecular formula is C20H25N3O3S. The highest BCUT2D eigenvalue weighted by atomic mass is 32.2. The van der Waals surface area contributed by atoms with Gasteiger partial charge in [0.2, 0.25) is 0 Å². The third-order valence-electron chi connectivity index (χ3n) is 5.21. The summed E-state index contributed by atoms with van der Waals surface area (Å²) >= 11 is 1.60. The number of H-pyrrole nitrogens is 1. The molecule has 7 heteroatoms. The van der Waals surface area contributed by atoms with E-state index >= 15 is 0 Å². The van der Waals surface area contributed by atoms with E-state index in [-0.39, 0.29) is 22.5 Å². The van der Waals surface area contributed by atoms with Crippen molar-refractivity contribution in [3.05, 3.63) is 45.7 Å². The second-order valence-electron chi connectivity index (χ2n) is 7.67. The highest BCUT2D eigenvalue weighted by Gasteiger charge is 2.36. The molecule has 144 valence electrons. The molecule has 3 heterocycles. The Morgan fingerprint density at radius 1 is 1.37 bits per heavy atom. The standard InChI is InChI=1S/C20H25N3O3S/c1-12-21-18-16(17(27-12)14-7-5-6-8-15(14)25-4)19(24)22-23(18)13-9-10-26-20(2,3)11-13/h5-8,13,17H,9-11H2,1-4H3,(H,22,24)/t13-,17+/m0/s1. The maximum atomic E-state index is 12.9. The van der Waals surface area contributed by atoms with Crippen molar-refractivity contribution < 1.29 is 9.47 Å². The van der Waals surface area contributed by atoms with Crippen LogP contribution in [-0.4, -0.2) is 34.1 Å². The molecule has 0 aliphatic carbocycles. The summed E-state index contributed by atoms with van der Waals surface area (Å²) in [5, 5.41) is 3.87. The van der Waals surface area contributed by atoms with Crippen LogP contribution in [0.4, 0.5) is 5.82 Å². The molecule has 6 nitrogen and oxygen atoms in total. The van der Waals surface area contributed by atoms with Crippen LogP contribution >= 0.6 is 11.8 Å². The summed E-state index contributed by atoms with van der Waals surface area (Å²) in [7, 11) is 1.66. The molecule has 27 heavy (non-hydrogen) atoms. The molecule has 1 N–H and O–H groups in total. The molecule has 0 radical (unpaired) electrons. The Kier molecular flexibility index (Phi) is 4.68. The number of nitrogens with zero attached hydrogens (tertiary/aromatic N) is 2. The number of methoxy groups -OCH3 is 1. The molecule has 2 atom stereocenters. The molecule has 0 spiro atoms. The number of nitrogens with one attached hydrogen (secondary N) is 1. The van der Waals surface area contributed by atoms with Crippen LogP contribution in [0.1, 0.15) is 56.0 Å². The lowest BCUT2D eigenvalue weighted by Crippen LogP contribution is -2.35. The lowest BCUT2D eigenvalue weighted by Gasteiger charge is -2.36. The van der Waals surface area contributed by atoms with Crippen LogP contribution in [0.5, 0.6) is 5.75 Å². The average Bonchev–Trinajstić information content (AvgIpc) is 2.96. The van der Waals surface area contributed by atoms with E-state index in [0.29, 0.717) is 12.2 Å². The van der Waals surface area contributed by atoms with E-state index in [2.05, 4.69) is 18.9 Å². The molecule has 1 aromatic carbocycles. The monoisotopic (exact) mass is 387 g/mol. The lowest BCUT2D eigenvalue weighted by atomic mass is 9.94. The fraction of sp³-hybridized carbons (Fsp3) is 0.500. The molecule has 1 saturated heterocycles. The van der Waals surface area contributed by atoms with Gasteiger partial charge in [-0.1, -0.05) is 30.0 Å². The number of para-hydroxylation sites is 1. The topological polar surface area (TPSA) is 68.6 Å². The molecule has 2 aliphatic rings. The average molecular weight is 388 g/mol. The lowest BCUT2D eigenvalue weighted by molar-refractivity contribution is -0.0705. The maximum Gasteiger partial charge on any atom is 0.271 e. The molecule has 0 amide bonds. The first kappa shape index (κ1) is 18.4. The van der Waals surface area contributed by atoms with Crippen LogP contribution < -0.4 is 10.3 Å². The number of ether oxygens (including phenoxy) is 2. The van der Waals surface area contributed by atoms with E-state index in [1.807, 2.05) is 35.9 Å². The van der Waals surface area contributed by atoms with Crippen molar-refractivity contribution in [2.24, 2.45) is 4.99 Å². The smallest absolute Gasteiger partial charge is 0.271 e. The van der Waals surface area contributed by atoms with Gasteiger partial charge in [0.05, 0.1) is 34.6 Å². The summed E-state index contributed by atoms with van der Waals surface area (Å²) in [5.41, 5.74) is 1.42. The van der Waals surface area contributed by atoms with Crippen molar-refractivity contribution >= 4 is 22.6 Å². The van der Waals surface area contributed by atoms with Crippen LogP contribution in [-0.2, 0) is 4.74 Å². The van der Waals surface area contributed by atoms with Crippen molar-refractivity contribution in [2.45, 2.75) is 50.5 Å². The number of fused-ring (bicyclic) bond motifs is 1. The van der Waals surface area contributed by atoms with Crippen LogP contribution in [0.15, 0.2) is 34.1 Å². The fourth-order valence-corrected chi connectivity index (χ4v) is 5.13. The Morgan fingerprint density at radius 3 is 2.89 bits per heavy atom. The second kappa shape index (κ2) is 6.87. The van der Waals surface area contributed by atoms with Gasteiger partial charge >= 0.3 is 0 Å². The van der Waals surface area contributed by atoms with Gasteiger partial charge in [0.25, 0.3) is 5.56 Å². The summed E-state index contributed by atoms with van der Waals surface area (Å²) in [6, 6.07) is 8.04. The number of hydrogen-bond donors (Lipinski definition) is 1. The maximum absolute atomic E-state index is 12.9. The molecule has 0 bridgehead atoms. The first-order valence-electron chi connectivity index (χ1n) is 9.23. The molecule has 1 aromatic heterocycles. The molecule has 0 saturated carbocycles. The van der Waals surface area contributed by atoms with Gasteiger partial charge in [-0.25, -0.2) is 4.99 Å². The molecule has 2 aliphatic heterocycles. The Hall–Kier alpha value is -1.99. The Labute approximate surface area is 163 Å². The molecule has 4 rings (SSSR count). The summed E-state index contributed by atoms with van der Waals surface area (Å²) < 4.78 is 13.4. The van der Waals surface area contributed by atoms with Crippen LogP contribution in [0.2, 0.25) is 0 Å². The van der Waals surface area contributed by atoms with Gasteiger partial charge in [-0.05, 0) is 39.7 Å². The molecular weight excluding hydrogens is 362 g/mol.